The molecule has 0 spiro atoms. The number of rotatable bonds is 5. The second-order valence-corrected chi connectivity index (χ2v) is 4.66. The van der Waals surface area contributed by atoms with Crippen molar-refractivity contribution >= 4 is 18.3 Å². The van der Waals surface area contributed by atoms with E-state index in [0.717, 1.165) is 25.9 Å². The first-order valence-electron chi connectivity index (χ1n) is 6.62. The van der Waals surface area contributed by atoms with E-state index in [1.165, 1.54) is 12.1 Å². The van der Waals surface area contributed by atoms with Crippen molar-refractivity contribution in [2.45, 2.75) is 25.3 Å². The zero-order valence-corrected chi connectivity index (χ0v) is 12.0. The van der Waals surface area contributed by atoms with Gasteiger partial charge >= 0.3 is 0 Å². The monoisotopic (exact) mass is 302 g/mol. The summed E-state index contributed by atoms with van der Waals surface area (Å²) in [7, 11) is 0. The van der Waals surface area contributed by atoms with Crippen molar-refractivity contribution in [1.29, 1.82) is 0 Å². The first-order chi connectivity index (χ1) is 9.24. The molecule has 1 aromatic carbocycles. The molecule has 20 heavy (non-hydrogen) atoms. The maximum Gasteiger partial charge on any atom is 0.223 e. The normalized spacial score (nSPS) is 17.9. The lowest BCUT2D eigenvalue weighted by molar-refractivity contribution is -0.122. The van der Waals surface area contributed by atoms with Crippen LogP contribution in [0.4, 0.5) is 4.39 Å². The van der Waals surface area contributed by atoms with Gasteiger partial charge in [0.2, 0.25) is 5.91 Å². The van der Waals surface area contributed by atoms with Gasteiger partial charge in [0.25, 0.3) is 0 Å². The molecular formula is C14H20ClFN2O2. The molecule has 0 bridgehead atoms. The molecule has 0 aromatic heterocycles. The minimum Gasteiger partial charge on any atom is -0.493 e. The van der Waals surface area contributed by atoms with Gasteiger partial charge in [0.1, 0.15) is 11.6 Å². The van der Waals surface area contributed by atoms with E-state index < -0.39 is 0 Å². The largest absolute Gasteiger partial charge is 0.493 e. The summed E-state index contributed by atoms with van der Waals surface area (Å²) in [6.07, 6.45) is 2.43. The van der Waals surface area contributed by atoms with E-state index >= 15 is 0 Å². The highest BCUT2D eigenvalue weighted by atomic mass is 35.5. The molecule has 6 heteroatoms. The fourth-order valence-corrected chi connectivity index (χ4v) is 2.07. The number of amides is 1. The van der Waals surface area contributed by atoms with Crippen LogP contribution in [0.15, 0.2) is 24.3 Å². The molecule has 1 fully saturated rings. The third-order valence-corrected chi connectivity index (χ3v) is 3.07. The molecule has 1 saturated heterocycles. The Balaban J connectivity index is 0.00000200. The summed E-state index contributed by atoms with van der Waals surface area (Å²) in [4.78, 5) is 11.7. The number of benzene rings is 1. The van der Waals surface area contributed by atoms with E-state index in [9.17, 15) is 9.18 Å². The maximum atomic E-state index is 12.7. The molecule has 1 aliphatic heterocycles. The highest BCUT2D eigenvalue weighted by Crippen LogP contribution is 2.11. The lowest BCUT2D eigenvalue weighted by atomic mass is 10.1. The third kappa shape index (κ3) is 5.75. The van der Waals surface area contributed by atoms with E-state index in [0.29, 0.717) is 18.8 Å². The lowest BCUT2D eigenvalue weighted by Gasteiger charge is -2.23. The Morgan fingerprint density at radius 1 is 1.40 bits per heavy atom. The summed E-state index contributed by atoms with van der Waals surface area (Å²) in [6, 6.07) is 6.01. The maximum absolute atomic E-state index is 12.7. The van der Waals surface area contributed by atoms with Gasteiger partial charge in [-0.3, -0.25) is 4.79 Å². The van der Waals surface area contributed by atoms with Crippen LogP contribution in [0.1, 0.15) is 19.3 Å². The highest BCUT2D eigenvalue weighted by Gasteiger charge is 2.14. The predicted molar refractivity (Wildman–Crippen MR) is 77.8 cm³/mol. The van der Waals surface area contributed by atoms with Gasteiger partial charge in [-0.05, 0) is 43.7 Å². The number of hydrogen-bond acceptors (Lipinski definition) is 3. The van der Waals surface area contributed by atoms with Crippen molar-refractivity contribution in [2.75, 3.05) is 19.7 Å². The average molecular weight is 303 g/mol. The van der Waals surface area contributed by atoms with E-state index in [1.807, 2.05) is 0 Å². The Morgan fingerprint density at radius 2 is 2.15 bits per heavy atom. The van der Waals surface area contributed by atoms with Gasteiger partial charge < -0.3 is 15.4 Å². The summed E-state index contributed by atoms with van der Waals surface area (Å²) >= 11 is 0. The number of nitrogens with one attached hydrogen (secondary N) is 2. The van der Waals surface area contributed by atoms with E-state index in [4.69, 9.17) is 4.74 Å². The minimum atomic E-state index is -0.296. The Labute approximate surface area is 124 Å². The number of piperidine rings is 1. The average Bonchev–Trinajstić information content (AvgIpc) is 2.42. The van der Waals surface area contributed by atoms with E-state index in [1.54, 1.807) is 12.1 Å². The fraction of sp³-hybridized carbons (Fsp3) is 0.500. The summed E-state index contributed by atoms with van der Waals surface area (Å²) < 4.78 is 18.0. The zero-order chi connectivity index (χ0) is 13.5. The van der Waals surface area contributed by atoms with Crippen molar-refractivity contribution in [2.24, 2.45) is 0 Å². The molecule has 1 heterocycles. The van der Waals surface area contributed by atoms with Crippen molar-refractivity contribution in [3.8, 4) is 5.75 Å². The molecule has 1 aromatic rings. The van der Waals surface area contributed by atoms with Crippen LogP contribution in [-0.4, -0.2) is 31.6 Å². The SMILES string of the molecule is Cl.O=C(CCOc1ccc(F)cc1)NC1CCCNC1. The predicted octanol–water partition coefficient (Wildman–Crippen LogP) is 1.88. The van der Waals surface area contributed by atoms with Crippen LogP contribution in [0.3, 0.4) is 0 Å². The van der Waals surface area contributed by atoms with Crippen LogP contribution in [0, 0.1) is 5.82 Å². The molecule has 2 rings (SSSR count). The van der Waals surface area contributed by atoms with Crippen molar-refractivity contribution in [3.63, 3.8) is 0 Å². The van der Waals surface area contributed by atoms with E-state index in [2.05, 4.69) is 10.6 Å². The first kappa shape index (κ1) is 16.7. The summed E-state index contributed by atoms with van der Waals surface area (Å²) in [6.45, 7) is 2.17. The molecule has 0 saturated carbocycles. The van der Waals surface area contributed by atoms with Crippen molar-refractivity contribution < 1.29 is 13.9 Å². The molecule has 1 atom stereocenters. The molecule has 1 amide bonds. The molecule has 2 N–H and O–H groups in total. The van der Waals surface area contributed by atoms with Gasteiger partial charge in [-0.25, -0.2) is 4.39 Å². The smallest absolute Gasteiger partial charge is 0.223 e. The van der Waals surface area contributed by atoms with Gasteiger partial charge in [0.15, 0.2) is 0 Å². The van der Waals surface area contributed by atoms with E-state index in [-0.39, 0.29) is 30.2 Å². The Morgan fingerprint density at radius 3 is 2.80 bits per heavy atom. The number of ether oxygens (including phenoxy) is 1. The van der Waals surface area contributed by atoms with Crippen LogP contribution in [-0.2, 0) is 4.79 Å². The van der Waals surface area contributed by atoms with Gasteiger partial charge in [-0.2, -0.15) is 0 Å². The Kier molecular flexibility index (Phi) is 7.33. The molecular weight excluding hydrogens is 283 g/mol. The van der Waals surface area contributed by atoms with Crippen molar-refractivity contribution in [1.82, 2.24) is 10.6 Å². The van der Waals surface area contributed by atoms with Crippen LogP contribution in [0.5, 0.6) is 5.75 Å². The molecule has 4 nitrogen and oxygen atoms in total. The topological polar surface area (TPSA) is 50.4 Å². The first-order valence-corrected chi connectivity index (χ1v) is 6.62. The van der Waals surface area contributed by atoms with Crippen molar-refractivity contribution in [3.05, 3.63) is 30.1 Å². The lowest BCUT2D eigenvalue weighted by Crippen LogP contribution is -2.45. The van der Waals surface area contributed by atoms with Crippen LogP contribution in [0.2, 0.25) is 0 Å². The number of carbonyl (C=O) groups excluding carboxylic acids is 1. The summed E-state index contributed by atoms with van der Waals surface area (Å²) in [5.41, 5.74) is 0. The fourth-order valence-electron chi connectivity index (χ4n) is 2.07. The Bertz CT molecular complexity index is 408. The molecule has 0 aliphatic carbocycles. The Hall–Kier alpha value is -1.33. The summed E-state index contributed by atoms with van der Waals surface area (Å²) in [5.74, 6) is 0.277. The highest BCUT2D eigenvalue weighted by molar-refractivity contribution is 5.85. The second kappa shape index (κ2) is 8.76. The van der Waals surface area contributed by atoms with Crippen LogP contribution >= 0.6 is 12.4 Å². The number of halogens is 2. The minimum absolute atomic E-state index is 0. The van der Waals surface area contributed by atoms with Gasteiger partial charge in [-0.15, -0.1) is 12.4 Å². The molecule has 1 aliphatic rings. The standard InChI is InChI=1S/C14H19FN2O2.ClH/c15-11-3-5-13(6-4-11)19-9-7-14(18)17-12-2-1-8-16-10-12;/h3-6,12,16H,1-2,7-10H2,(H,17,18);1H. The van der Waals surface area contributed by atoms with Gasteiger partial charge in [-0.1, -0.05) is 0 Å². The third-order valence-electron chi connectivity index (χ3n) is 3.07. The number of hydrogen-bond donors (Lipinski definition) is 2. The second-order valence-electron chi connectivity index (χ2n) is 4.66. The van der Waals surface area contributed by atoms with Crippen LogP contribution < -0.4 is 15.4 Å². The zero-order valence-electron chi connectivity index (χ0n) is 11.2. The van der Waals surface area contributed by atoms with Gasteiger partial charge in [0.05, 0.1) is 13.0 Å². The summed E-state index contributed by atoms with van der Waals surface area (Å²) in [5, 5.41) is 6.22. The quantitative estimate of drug-likeness (QED) is 0.873. The molecule has 1 unspecified atom stereocenters. The molecule has 0 radical (unpaired) electrons. The van der Waals surface area contributed by atoms with Gasteiger partial charge in [0, 0.05) is 12.6 Å². The van der Waals surface area contributed by atoms with Crippen LogP contribution in [0.25, 0.3) is 0 Å². The molecule has 112 valence electrons. The number of carbonyl (C=O) groups is 1.